The summed E-state index contributed by atoms with van der Waals surface area (Å²) in [5, 5.41) is 12.4. The quantitative estimate of drug-likeness (QED) is 0.849. The second kappa shape index (κ2) is 8.67. The van der Waals surface area contributed by atoms with Gasteiger partial charge < -0.3 is 15.3 Å². The van der Waals surface area contributed by atoms with Crippen LogP contribution in [0.25, 0.3) is 0 Å². The molecule has 0 radical (unpaired) electrons. The Kier molecular flexibility index (Phi) is 6.07. The molecule has 2 aromatic rings. The maximum atomic E-state index is 12.5. The summed E-state index contributed by atoms with van der Waals surface area (Å²) in [4.78, 5) is 14.4. The monoisotopic (exact) mass is 338 g/mol. The van der Waals surface area contributed by atoms with E-state index in [4.69, 9.17) is 0 Å². The van der Waals surface area contributed by atoms with Crippen LogP contribution in [0, 0.1) is 0 Å². The van der Waals surface area contributed by atoms with Crippen LogP contribution < -0.4 is 5.32 Å². The molecule has 0 spiro atoms. The normalized spacial score (nSPS) is 18.1. The molecule has 1 aliphatic heterocycles. The summed E-state index contributed by atoms with van der Waals surface area (Å²) in [5.74, 6) is 0.567. The minimum absolute atomic E-state index is 0.00250. The number of amides is 2. The Balaban J connectivity index is 1.53. The summed E-state index contributed by atoms with van der Waals surface area (Å²) in [5.41, 5.74) is 2.46. The van der Waals surface area contributed by atoms with Crippen LogP contribution in [0.5, 0.6) is 0 Å². The van der Waals surface area contributed by atoms with E-state index in [-0.39, 0.29) is 18.6 Å². The van der Waals surface area contributed by atoms with Gasteiger partial charge >= 0.3 is 6.03 Å². The van der Waals surface area contributed by atoms with Gasteiger partial charge in [-0.3, -0.25) is 0 Å². The first-order valence-corrected chi connectivity index (χ1v) is 9.01. The average Bonchev–Trinajstić information content (AvgIpc) is 3.16. The molecular formula is C21H26N2O2. The van der Waals surface area contributed by atoms with Gasteiger partial charge in [0, 0.05) is 38.1 Å². The summed E-state index contributed by atoms with van der Waals surface area (Å²) in [6, 6.07) is 20.5. The lowest BCUT2D eigenvalue weighted by atomic mass is 9.96. The molecule has 0 bridgehead atoms. The summed E-state index contributed by atoms with van der Waals surface area (Å²) in [7, 11) is 0. The highest BCUT2D eigenvalue weighted by Gasteiger charge is 2.27. The van der Waals surface area contributed by atoms with E-state index in [2.05, 4.69) is 29.6 Å². The summed E-state index contributed by atoms with van der Waals surface area (Å²) >= 11 is 0. The third kappa shape index (κ3) is 4.60. The molecule has 132 valence electrons. The van der Waals surface area contributed by atoms with E-state index >= 15 is 0 Å². The number of rotatable bonds is 6. The molecule has 3 rings (SSSR count). The summed E-state index contributed by atoms with van der Waals surface area (Å²) in [6.45, 7) is 2.23. The third-order valence-electron chi connectivity index (χ3n) is 4.99. The van der Waals surface area contributed by atoms with Gasteiger partial charge in [-0.1, -0.05) is 60.7 Å². The number of nitrogens with zero attached hydrogens (tertiary/aromatic N) is 1. The molecule has 4 heteroatoms. The van der Waals surface area contributed by atoms with E-state index in [9.17, 15) is 9.90 Å². The molecule has 2 unspecified atom stereocenters. The van der Waals surface area contributed by atoms with Crippen LogP contribution >= 0.6 is 0 Å². The number of aliphatic hydroxyl groups is 1. The molecule has 1 heterocycles. The van der Waals surface area contributed by atoms with Gasteiger partial charge in [0.05, 0.1) is 0 Å². The van der Waals surface area contributed by atoms with Gasteiger partial charge in [0.25, 0.3) is 0 Å². The number of carbonyl (C=O) groups excluding carboxylic acids is 1. The molecule has 1 aliphatic rings. The van der Waals surface area contributed by atoms with Gasteiger partial charge in [-0.15, -0.1) is 0 Å². The fourth-order valence-electron chi connectivity index (χ4n) is 3.53. The van der Waals surface area contributed by atoms with E-state index in [1.165, 1.54) is 5.56 Å². The van der Waals surface area contributed by atoms with Crippen LogP contribution in [-0.2, 0) is 0 Å². The smallest absolute Gasteiger partial charge is 0.317 e. The molecule has 1 fully saturated rings. The number of aliphatic hydroxyl groups excluding tert-OH is 1. The van der Waals surface area contributed by atoms with Gasteiger partial charge in [0.2, 0.25) is 0 Å². The Hall–Kier alpha value is -2.33. The van der Waals surface area contributed by atoms with Gasteiger partial charge in [-0.25, -0.2) is 4.79 Å². The van der Waals surface area contributed by atoms with Crippen molar-refractivity contribution >= 4 is 6.03 Å². The largest absolute Gasteiger partial charge is 0.396 e. The number of urea groups is 1. The van der Waals surface area contributed by atoms with Gasteiger partial charge in [-0.2, -0.15) is 0 Å². The van der Waals surface area contributed by atoms with Gasteiger partial charge in [-0.05, 0) is 24.0 Å². The zero-order chi connectivity index (χ0) is 17.5. The van der Waals surface area contributed by atoms with Crippen molar-refractivity contribution in [3.8, 4) is 0 Å². The average molecular weight is 338 g/mol. The molecule has 4 nitrogen and oxygen atoms in total. The van der Waals surface area contributed by atoms with E-state index in [1.807, 2.05) is 41.3 Å². The topological polar surface area (TPSA) is 52.6 Å². The zero-order valence-electron chi connectivity index (χ0n) is 14.5. The molecule has 0 aromatic heterocycles. The van der Waals surface area contributed by atoms with E-state index in [0.29, 0.717) is 18.9 Å². The van der Waals surface area contributed by atoms with Crippen molar-refractivity contribution in [2.45, 2.75) is 24.7 Å². The van der Waals surface area contributed by atoms with Crippen molar-refractivity contribution in [1.29, 1.82) is 0 Å². The number of nitrogens with one attached hydrogen (secondary N) is 1. The first-order chi connectivity index (χ1) is 12.3. The Labute approximate surface area is 149 Å². The second-order valence-electron chi connectivity index (χ2n) is 6.65. The molecule has 2 atom stereocenters. The number of carbonyl (C=O) groups is 1. The Bertz CT molecular complexity index is 660. The first-order valence-electron chi connectivity index (χ1n) is 9.01. The SMILES string of the molecule is O=C(NCC(CCO)c1ccccc1)N1CCC(c2ccccc2)C1. The van der Waals surface area contributed by atoms with Crippen molar-refractivity contribution < 1.29 is 9.90 Å². The van der Waals surface area contributed by atoms with Gasteiger partial charge in [0.15, 0.2) is 0 Å². The van der Waals surface area contributed by atoms with E-state index in [1.54, 1.807) is 0 Å². The van der Waals surface area contributed by atoms with Crippen molar-refractivity contribution in [2.24, 2.45) is 0 Å². The molecule has 2 amide bonds. The van der Waals surface area contributed by atoms with Crippen molar-refractivity contribution in [1.82, 2.24) is 10.2 Å². The molecule has 2 aromatic carbocycles. The molecule has 0 aliphatic carbocycles. The first kappa shape index (κ1) is 17.5. The van der Waals surface area contributed by atoms with Crippen LogP contribution in [0.4, 0.5) is 4.79 Å². The Morgan fingerprint density at radius 1 is 1.12 bits per heavy atom. The lowest BCUT2D eigenvalue weighted by Crippen LogP contribution is -2.40. The van der Waals surface area contributed by atoms with Crippen LogP contribution in [0.15, 0.2) is 60.7 Å². The molecule has 0 saturated carbocycles. The maximum Gasteiger partial charge on any atom is 0.317 e. The van der Waals surface area contributed by atoms with E-state index in [0.717, 1.165) is 25.1 Å². The molecular weight excluding hydrogens is 312 g/mol. The summed E-state index contributed by atoms with van der Waals surface area (Å²) in [6.07, 6.45) is 1.66. The maximum absolute atomic E-state index is 12.5. The van der Waals surface area contributed by atoms with Crippen LogP contribution in [0.1, 0.15) is 35.8 Å². The number of hydrogen-bond acceptors (Lipinski definition) is 2. The third-order valence-corrected chi connectivity index (χ3v) is 4.99. The highest BCUT2D eigenvalue weighted by atomic mass is 16.3. The van der Waals surface area contributed by atoms with Crippen LogP contribution in [0.2, 0.25) is 0 Å². The minimum Gasteiger partial charge on any atom is -0.396 e. The minimum atomic E-state index is -0.00250. The Morgan fingerprint density at radius 3 is 2.48 bits per heavy atom. The standard InChI is InChI=1S/C21H26N2O2/c24-14-12-19(17-7-3-1-4-8-17)15-22-21(25)23-13-11-20(16-23)18-9-5-2-6-10-18/h1-10,19-20,24H,11-16H2,(H,22,25). The highest BCUT2D eigenvalue weighted by Crippen LogP contribution is 2.27. The van der Waals surface area contributed by atoms with E-state index < -0.39 is 0 Å². The number of likely N-dealkylation sites (tertiary alicyclic amines) is 1. The number of benzene rings is 2. The van der Waals surface area contributed by atoms with Crippen molar-refractivity contribution in [3.05, 3.63) is 71.8 Å². The summed E-state index contributed by atoms with van der Waals surface area (Å²) < 4.78 is 0. The molecule has 2 N–H and O–H groups in total. The Morgan fingerprint density at radius 2 is 1.80 bits per heavy atom. The van der Waals surface area contributed by atoms with Crippen LogP contribution in [-0.4, -0.2) is 42.3 Å². The van der Waals surface area contributed by atoms with Gasteiger partial charge in [0.1, 0.15) is 0 Å². The fraction of sp³-hybridized carbons (Fsp3) is 0.381. The molecule has 25 heavy (non-hydrogen) atoms. The lowest BCUT2D eigenvalue weighted by molar-refractivity contribution is 0.206. The van der Waals surface area contributed by atoms with Crippen molar-refractivity contribution in [2.75, 3.05) is 26.2 Å². The molecule has 1 saturated heterocycles. The number of hydrogen-bond donors (Lipinski definition) is 2. The predicted octanol–water partition coefficient (Wildman–Crippen LogP) is 3.35. The highest BCUT2D eigenvalue weighted by molar-refractivity contribution is 5.74. The lowest BCUT2D eigenvalue weighted by Gasteiger charge is -2.21. The predicted molar refractivity (Wildman–Crippen MR) is 99.7 cm³/mol. The fourth-order valence-corrected chi connectivity index (χ4v) is 3.53. The zero-order valence-corrected chi connectivity index (χ0v) is 14.5. The van der Waals surface area contributed by atoms with Crippen LogP contribution in [0.3, 0.4) is 0 Å². The second-order valence-corrected chi connectivity index (χ2v) is 6.65. The van der Waals surface area contributed by atoms with Crippen molar-refractivity contribution in [3.63, 3.8) is 0 Å².